The predicted molar refractivity (Wildman–Crippen MR) is 94.4 cm³/mol. The zero-order valence-corrected chi connectivity index (χ0v) is 14.4. The van der Waals surface area contributed by atoms with Crippen molar-refractivity contribution in [3.63, 3.8) is 0 Å². The van der Waals surface area contributed by atoms with Gasteiger partial charge in [0.05, 0.1) is 11.6 Å². The Balaban J connectivity index is 1.47. The number of aromatic nitrogens is 1. The quantitative estimate of drug-likeness (QED) is 0.934. The number of rotatable bonds is 3. The molecule has 2 amide bonds. The van der Waals surface area contributed by atoms with Crippen LogP contribution in [0.25, 0.3) is 0 Å². The predicted octanol–water partition coefficient (Wildman–Crippen LogP) is 2.93. The van der Waals surface area contributed by atoms with Gasteiger partial charge in [0.1, 0.15) is 0 Å². The van der Waals surface area contributed by atoms with Crippen LogP contribution in [0.4, 0.5) is 10.8 Å². The molecule has 2 heterocycles. The summed E-state index contributed by atoms with van der Waals surface area (Å²) in [5, 5.41) is 5.32. The van der Waals surface area contributed by atoms with E-state index in [-0.39, 0.29) is 24.2 Å². The Morgan fingerprint density at radius 3 is 2.96 bits per heavy atom. The molecule has 1 fully saturated rings. The van der Waals surface area contributed by atoms with Crippen LogP contribution in [0.2, 0.25) is 0 Å². The lowest BCUT2D eigenvalue weighted by molar-refractivity contribution is -0.122. The van der Waals surface area contributed by atoms with Crippen LogP contribution in [-0.4, -0.2) is 23.3 Å². The summed E-state index contributed by atoms with van der Waals surface area (Å²) in [7, 11) is 0. The van der Waals surface area contributed by atoms with Crippen molar-refractivity contribution in [2.24, 2.45) is 5.92 Å². The van der Waals surface area contributed by atoms with Crippen molar-refractivity contribution in [1.82, 2.24) is 4.98 Å². The third-order valence-corrected chi connectivity index (χ3v) is 5.61. The van der Waals surface area contributed by atoms with E-state index < -0.39 is 0 Å². The van der Waals surface area contributed by atoms with Gasteiger partial charge in [-0.25, -0.2) is 4.98 Å². The summed E-state index contributed by atoms with van der Waals surface area (Å²) >= 11 is 1.41. The molecular weight excluding hydrogens is 322 g/mol. The van der Waals surface area contributed by atoms with Crippen molar-refractivity contribution in [3.05, 3.63) is 40.4 Å². The number of hydrogen-bond donors (Lipinski definition) is 1. The first-order valence-electron chi connectivity index (χ1n) is 8.25. The summed E-state index contributed by atoms with van der Waals surface area (Å²) < 4.78 is 0. The molecule has 1 aromatic heterocycles. The third kappa shape index (κ3) is 2.82. The van der Waals surface area contributed by atoms with Crippen LogP contribution >= 0.6 is 11.3 Å². The normalized spacial score (nSPS) is 19.6. The molecule has 24 heavy (non-hydrogen) atoms. The first-order chi connectivity index (χ1) is 11.6. The number of carbonyl (C=O) groups is 2. The van der Waals surface area contributed by atoms with Gasteiger partial charge >= 0.3 is 0 Å². The molecular formula is C18H19N3O2S. The molecule has 2 aromatic rings. The molecule has 6 heteroatoms. The van der Waals surface area contributed by atoms with E-state index in [2.05, 4.69) is 22.4 Å². The first kappa shape index (κ1) is 15.3. The Bertz CT molecular complexity index is 814. The number of thiazole rings is 1. The minimum Gasteiger partial charge on any atom is -0.312 e. The van der Waals surface area contributed by atoms with Gasteiger partial charge in [-0.05, 0) is 49.4 Å². The molecule has 2 aliphatic rings. The van der Waals surface area contributed by atoms with Gasteiger partial charge in [-0.1, -0.05) is 6.07 Å². The average Bonchev–Trinajstić information content (AvgIpc) is 3.26. The first-order valence-corrected chi connectivity index (χ1v) is 9.13. The van der Waals surface area contributed by atoms with Gasteiger partial charge in [-0.15, -0.1) is 11.3 Å². The van der Waals surface area contributed by atoms with E-state index in [9.17, 15) is 9.59 Å². The zero-order valence-electron chi connectivity index (χ0n) is 13.5. The van der Waals surface area contributed by atoms with E-state index in [4.69, 9.17) is 0 Å². The molecule has 5 nitrogen and oxygen atoms in total. The van der Waals surface area contributed by atoms with E-state index in [0.29, 0.717) is 11.7 Å². The van der Waals surface area contributed by atoms with Crippen molar-refractivity contribution in [2.75, 3.05) is 16.8 Å². The lowest BCUT2D eigenvalue weighted by Gasteiger charge is -2.17. The van der Waals surface area contributed by atoms with Crippen LogP contribution in [0.3, 0.4) is 0 Å². The summed E-state index contributed by atoms with van der Waals surface area (Å²) in [5.41, 5.74) is 4.53. The maximum absolute atomic E-state index is 12.4. The maximum atomic E-state index is 12.4. The number of amides is 2. The fraction of sp³-hybridized carbons (Fsp3) is 0.389. The molecule has 1 aliphatic carbocycles. The van der Waals surface area contributed by atoms with Crippen molar-refractivity contribution in [2.45, 2.75) is 32.6 Å². The van der Waals surface area contributed by atoms with E-state index in [1.807, 2.05) is 18.4 Å². The van der Waals surface area contributed by atoms with Gasteiger partial charge in [0, 0.05) is 24.0 Å². The Morgan fingerprint density at radius 1 is 1.33 bits per heavy atom. The van der Waals surface area contributed by atoms with Gasteiger partial charge < -0.3 is 10.2 Å². The third-order valence-electron chi connectivity index (χ3n) is 4.74. The highest BCUT2D eigenvalue weighted by Crippen LogP contribution is 2.31. The summed E-state index contributed by atoms with van der Waals surface area (Å²) in [4.78, 5) is 30.8. The number of benzene rings is 1. The van der Waals surface area contributed by atoms with Crippen molar-refractivity contribution in [3.8, 4) is 0 Å². The van der Waals surface area contributed by atoms with Gasteiger partial charge in [0.25, 0.3) is 0 Å². The van der Waals surface area contributed by atoms with Crippen LogP contribution in [0.1, 0.15) is 29.7 Å². The highest BCUT2D eigenvalue weighted by molar-refractivity contribution is 7.13. The molecule has 0 saturated carbocycles. The molecule has 1 N–H and O–H groups in total. The fourth-order valence-corrected chi connectivity index (χ4v) is 4.17. The second-order valence-electron chi connectivity index (χ2n) is 6.50. The number of anilines is 2. The van der Waals surface area contributed by atoms with Gasteiger partial charge in [-0.3, -0.25) is 9.59 Å². The van der Waals surface area contributed by atoms with Gasteiger partial charge in [0.15, 0.2) is 5.13 Å². The summed E-state index contributed by atoms with van der Waals surface area (Å²) in [6.45, 7) is 2.33. The van der Waals surface area contributed by atoms with Crippen LogP contribution < -0.4 is 10.2 Å². The number of nitrogens with zero attached hydrogens (tertiary/aromatic N) is 2. The standard InChI is InChI=1S/C18H19N3O2S/c1-11-10-24-18(19-11)20-17(23)14-8-16(22)21(9-14)15-6-5-12-3-2-4-13(12)7-15/h5-7,10,14H,2-4,8-9H2,1H3,(H,19,20,23). The van der Waals surface area contributed by atoms with Gasteiger partial charge in [-0.2, -0.15) is 0 Å². The van der Waals surface area contributed by atoms with E-state index >= 15 is 0 Å². The number of nitrogens with one attached hydrogen (secondary N) is 1. The molecule has 0 radical (unpaired) electrons. The highest BCUT2D eigenvalue weighted by Gasteiger charge is 2.35. The Morgan fingerprint density at radius 2 is 2.17 bits per heavy atom. The Hall–Kier alpha value is -2.21. The zero-order chi connectivity index (χ0) is 16.7. The van der Waals surface area contributed by atoms with Gasteiger partial charge in [0.2, 0.25) is 11.8 Å². The monoisotopic (exact) mass is 341 g/mol. The largest absolute Gasteiger partial charge is 0.312 e. The Kier molecular flexibility index (Phi) is 3.84. The van der Waals surface area contributed by atoms with Crippen molar-refractivity contribution < 1.29 is 9.59 Å². The van der Waals surface area contributed by atoms with E-state index in [1.54, 1.807) is 4.90 Å². The Labute approximate surface area is 144 Å². The lowest BCUT2D eigenvalue weighted by Crippen LogP contribution is -2.28. The number of fused-ring (bicyclic) bond motifs is 1. The fourth-order valence-electron chi connectivity index (χ4n) is 3.48. The molecule has 0 spiro atoms. The lowest BCUT2D eigenvalue weighted by atomic mass is 10.1. The topological polar surface area (TPSA) is 62.3 Å². The van der Waals surface area contributed by atoms with Crippen LogP contribution in [0.5, 0.6) is 0 Å². The van der Waals surface area contributed by atoms with Crippen molar-refractivity contribution in [1.29, 1.82) is 0 Å². The SMILES string of the molecule is Cc1csc(NC(=O)C2CC(=O)N(c3ccc4c(c3)CCC4)C2)n1. The molecule has 0 bridgehead atoms. The molecule has 1 aromatic carbocycles. The van der Waals surface area contributed by atoms with E-state index in [0.717, 1.165) is 24.2 Å². The van der Waals surface area contributed by atoms with E-state index in [1.165, 1.54) is 28.9 Å². The molecule has 4 rings (SSSR count). The maximum Gasteiger partial charge on any atom is 0.231 e. The molecule has 1 aliphatic heterocycles. The van der Waals surface area contributed by atoms with Crippen LogP contribution in [0, 0.1) is 12.8 Å². The summed E-state index contributed by atoms with van der Waals surface area (Å²) in [6, 6.07) is 6.24. The smallest absolute Gasteiger partial charge is 0.231 e. The average molecular weight is 341 g/mol. The highest BCUT2D eigenvalue weighted by atomic mass is 32.1. The summed E-state index contributed by atoms with van der Waals surface area (Å²) in [5.74, 6) is -0.431. The molecule has 1 unspecified atom stereocenters. The number of hydrogen-bond acceptors (Lipinski definition) is 4. The molecule has 124 valence electrons. The summed E-state index contributed by atoms with van der Waals surface area (Å²) in [6.07, 6.45) is 3.65. The van der Waals surface area contributed by atoms with Crippen LogP contribution in [-0.2, 0) is 22.4 Å². The second-order valence-corrected chi connectivity index (χ2v) is 7.35. The molecule has 1 saturated heterocycles. The minimum absolute atomic E-state index is 0.0171. The molecule has 1 atom stereocenters. The minimum atomic E-state index is -0.324. The second kappa shape index (κ2) is 6.02. The number of carbonyl (C=O) groups excluding carboxylic acids is 2. The van der Waals surface area contributed by atoms with Crippen LogP contribution in [0.15, 0.2) is 23.6 Å². The number of aryl methyl sites for hydroxylation is 3. The van der Waals surface area contributed by atoms with Crippen molar-refractivity contribution >= 4 is 34.0 Å².